The summed E-state index contributed by atoms with van der Waals surface area (Å²) in [5, 5.41) is 0. The number of rotatable bonds is 1. The fraction of sp³-hybridized carbons (Fsp3) is 0.286. The van der Waals surface area contributed by atoms with Gasteiger partial charge in [0.05, 0.1) is 11.7 Å². The second-order valence-corrected chi connectivity index (χ2v) is 3.66. The van der Waals surface area contributed by atoms with Crippen molar-refractivity contribution in [3.05, 3.63) is 53.6 Å². The van der Waals surface area contributed by atoms with Crippen molar-refractivity contribution in [1.82, 2.24) is 5.43 Å². The number of benzene rings is 1. The van der Waals surface area contributed by atoms with Crippen LogP contribution in [0.4, 0.5) is 5.69 Å². The first-order valence-corrected chi connectivity index (χ1v) is 5.91. The van der Waals surface area contributed by atoms with Gasteiger partial charge in [0, 0.05) is 0 Å². The zero-order chi connectivity index (χ0) is 11.4. The van der Waals surface area contributed by atoms with Gasteiger partial charge in [-0.3, -0.25) is 0 Å². The molecule has 0 fully saturated rings. The average Bonchev–Trinajstić information content (AvgIpc) is 3.00. The van der Waals surface area contributed by atoms with Gasteiger partial charge in [0.1, 0.15) is 0 Å². The molecule has 2 aliphatic rings. The molecular formula is C14H18N2. The third kappa shape index (κ3) is 1.89. The third-order valence-corrected chi connectivity index (χ3v) is 2.79. The minimum absolute atomic E-state index is 0.348. The maximum absolute atomic E-state index is 3.31. The van der Waals surface area contributed by atoms with E-state index < -0.39 is 0 Å². The Morgan fingerprint density at radius 3 is 2.75 bits per heavy atom. The van der Waals surface area contributed by atoms with Crippen molar-refractivity contribution in [2.75, 3.05) is 5.43 Å². The Hall–Kier alpha value is -1.54. The second kappa shape index (κ2) is 4.99. The maximum atomic E-state index is 3.31. The fourth-order valence-corrected chi connectivity index (χ4v) is 2.06. The lowest BCUT2D eigenvalue weighted by Gasteiger charge is -2.11. The first-order chi connectivity index (χ1) is 7.95. The number of fused-ring (bicyclic) bond motifs is 1. The van der Waals surface area contributed by atoms with Crippen molar-refractivity contribution in [1.29, 1.82) is 0 Å². The average molecular weight is 214 g/mol. The molecule has 0 spiro atoms. The van der Waals surface area contributed by atoms with Crippen LogP contribution in [0.3, 0.4) is 0 Å². The number of nitrogens with one attached hydrogen (secondary N) is 2. The quantitative estimate of drug-likeness (QED) is 0.746. The molecule has 3 rings (SSSR count). The summed E-state index contributed by atoms with van der Waals surface area (Å²) < 4.78 is 0. The highest BCUT2D eigenvalue weighted by Crippen LogP contribution is 2.35. The number of hydrogen-bond acceptors (Lipinski definition) is 2. The van der Waals surface area contributed by atoms with E-state index in [1.807, 2.05) is 13.8 Å². The van der Waals surface area contributed by atoms with Crippen LogP contribution in [-0.4, -0.2) is 0 Å². The number of para-hydroxylation sites is 1. The summed E-state index contributed by atoms with van der Waals surface area (Å²) in [5.41, 5.74) is 10.5. The lowest BCUT2D eigenvalue weighted by Crippen LogP contribution is -2.19. The Kier molecular flexibility index (Phi) is 3.42. The van der Waals surface area contributed by atoms with Gasteiger partial charge >= 0.3 is 0 Å². The van der Waals surface area contributed by atoms with E-state index >= 15 is 0 Å². The first-order valence-electron chi connectivity index (χ1n) is 5.91. The predicted octanol–water partition coefficient (Wildman–Crippen LogP) is 3.57. The Labute approximate surface area is 97.0 Å². The molecule has 0 radical (unpaired) electrons. The molecule has 2 nitrogen and oxygen atoms in total. The minimum atomic E-state index is 0.348. The van der Waals surface area contributed by atoms with Gasteiger partial charge in [0.15, 0.2) is 0 Å². The molecule has 1 unspecified atom stereocenters. The fourth-order valence-electron chi connectivity index (χ4n) is 2.06. The van der Waals surface area contributed by atoms with Gasteiger partial charge < -0.3 is 5.43 Å². The topological polar surface area (TPSA) is 24.1 Å². The molecule has 0 amide bonds. The highest BCUT2D eigenvalue weighted by Gasteiger charge is 2.24. The number of hydrogen-bond donors (Lipinski definition) is 2. The molecule has 0 saturated carbocycles. The van der Waals surface area contributed by atoms with E-state index in [2.05, 4.69) is 53.3 Å². The van der Waals surface area contributed by atoms with Crippen LogP contribution in [0.5, 0.6) is 0 Å². The summed E-state index contributed by atoms with van der Waals surface area (Å²) in [4.78, 5) is 0. The van der Waals surface area contributed by atoms with Crippen LogP contribution < -0.4 is 10.9 Å². The van der Waals surface area contributed by atoms with E-state index in [1.165, 1.54) is 16.8 Å². The van der Waals surface area contributed by atoms with E-state index in [-0.39, 0.29) is 0 Å². The normalized spacial score (nSPS) is 20.6. The van der Waals surface area contributed by atoms with Crippen LogP contribution in [0.25, 0.3) is 0 Å². The predicted molar refractivity (Wildman–Crippen MR) is 69.1 cm³/mol. The Balaban J connectivity index is 0.000000457. The van der Waals surface area contributed by atoms with Crippen LogP contribution in [0.2, 0.25) is 0 Å². The van der Waals surface area contributed by atoms with Crippen LogP contribution >= 0.6 is 0 Å². The van der Waals surface area contributed by atoms with E-state index in [0.717, 1.165) is 6.42 Å². The molecule has 16 heavy (non-hydrogen) atoms. The van der Waals surface area contributed by atoms with E-state index in [1.54, 1.807) is 0 Å². The van der Waals surface area contributed by atoms with Gasteiger partial charge in [-0.05, 0) is 23.6 Å². The minimum Gasteiger partial charge on any atom is -0.320 e. The van der Waals surface area contributed by atoms with Gasteiger partial charge in [-0.15, -0.1) is 0 Å². The standard InChI is InChI=1S/C12H12N2.C2H6/c1-2-6-9(5-1)12-10-7-3-4-8-11(10)13-14-12;1-2/h1-5,7-8,12-14H,6H2;1-2H3. The van der Waals surface area contributed by atoms with Gasteiger partial charge in [0.25, 0.3) is 0 Å². The molecule has 1 aromatic carbocycles. The summed E-state index contributed by atoms with van der Waals surface area (Å²) in [7, 11) is 0. The summed E-state index contributed by atoms with van der Waals surface area (Å²) in [6, 6.07) is 8.76. The largest absolute Gasteiger partial charge is 0.320 e. The molecule has 1 aliphatic carbocycles. The van der Waals surface area contributed by atoms with Crippen LogP contribution in [-0.2, 0) is 0 Å². The molecule has 84 valence electrons. The molecule has 0 aromatic heterocycles. The molecular weight excluding hydrogens is 196 g/mol. The van der Waals surface area contributed by atoms with Crippen molar-refractivity contribution in [3.63, 3.8) is 0 Å². The van der Waals surface area contributed by atoms with Crippen molar-refractivity contribution >= 4 is 5.69 Å². The van der Waals surface area contributed by atoms with Crippen LogP contribution in [0, 0.1) is 0 Å². The van der Waals surface area contributed by atoms with Crippen molar-refractivity contribution in [3.8, 4) is 0 Å². The molecule has 1 aliphatic heterocycles. The SMILES string of the molecule is C1=CCC(C2NNc3ccccc32)=C1.CC. The van der Waals surface area contributed by atoms with Gasteiger partial charge in [-0.1, -0.05) is 50.3 Å². The lowest BCUT2D eigenvalue weighted by molar-refractivity contribution is 0.703. The Morgan fingerprint density at radius 2 is 2.00 bits per heavy atom. The van der Waals surface area contributed by atoms with E-state index in [0.29, 0.717) is 6.04 Å². The van der Waals surface area contributed by atoms with Crippen molar-refractivity contribution < 1.29 is 0 Å². The summed E-state index contributed by atoms with van der Waals surface area (Å²) >= 11 is 0. The van der Waals surface area contributed by atoms with Crippen LogP contribution in [0.15, 0.2) is 48.1 Å². The Bertz CT molecular complexity index is 418. The lowest BCUT2D eigenvalue weighted by atomic mass is 9.99. The monoisotopic (exact) mass is 214 g/mol. The van der Waals surface area contributed by atoms with E-state index in [4.69, 9.17) is 0 Å². The number of anilines is 1. The molecule has 1 atom stereocenters. The smallest absolute Gasteiger partial charge is 0.0746 e. The molecule has 1 heterocycles. The van der Waals surface area contributed by atoms with Crippen molar-refractivity contribution in [2.24, 2.45) is 0 Å². The Morgan fingerprint density at radius 1 is 1.19 bits per heavy atom. The van der Waals surface area contributed by atoms with Gasteiger partial charge in [-0.25, -0.2) is 5.43 Å². The van der Waals surface area contributed by atoms with Gasteiger partial charge in [-0.2, -0.15) is 0 Å². The summed E-state index contributed by atoms with van der Waals surface area (Å²) in [6.07, 6.45) is 7.57. The first kappa shape index (κ1) is 11.0. The van der Waals surface area contributed by atoms with Gasteiger partial charge in [0.2, 0.25) is 0 Å². The van der Waals surface area contributed by atoms with Crippen LogP contribution in [0.1, 0.15) is 31.9 Å². The summed E-state index contributed by atoms with van der Waals surface area (Å²) in [6.45, 7) is 4.00. The highest BCUT2D eigenvalue weighted by atomic mass is 15.4. The number of allylic oxidation sites excluding steroid dienone is 3. The molecule has 1 aromatic rings. The highest BCUT2D eigenvalue weighted by molar-refractivity contribution is 5.58. The second-order valence-electron chi connectivity index (χ2n) is 3.66. The number of hydrazine groups is 1. The molecule has 0 bridgehead atoms. The third-order valence-electron chi connectivity index (χ3n) is 2.79. The zero-order valence-corrected chi connectivity index (χ0v) is 9.83. The summed E-state index contributed by atoms with van der Waals surface area (Å²) in [5.74, 6) is 0. The van der Waals surface area contributed by atoms with Crippen molar-refractivity contribution in [2.45, 2.75) is 26.3 Å². The van der Waals surface area contributed by atoms with E-state index in [9.17, 15) is 0 Å². The molecule has 2 heteroatoms. The maximum Gasteiger partial charge on any atom is 0.0746 e. The zero-order valence-electron chi connectivity index (χ0n) is 9.83. The molecule has 0 saturated heterocycles. The molecule has 2 N–H and O–H groups in total.